The minimum absolute atomic E-state index is 0.0696. The van der Waals surface area contributed by atoms with Crippen molar-refractivity contribution in [3.05, 3.63) is 26.4 Å². The van der Waals surface area contributed by atoms with E-state index in [2.05, 4.69) is 18.8 Å². The van der Waals surface area contributed by atoms with Crippen molar-refractivity contribution < 1.29 is 5.11 Å². The quantitative estimate of drug-likeness (QED) is 0.887. The number of hydrogen-bond donors (Lipinski definition) is 2. The summed E-state index contributed by atoms with van der Waals surface area (Å²) in [5, 5.41) is 10.1. The minimum atomic E-state index is -0.506. The van der Waals surface area contributed by atoms with Crippen molar-refractivity contribution in [2.75, 3.05) is 0 Å². The summed E-state index contributed by atoms with van der Waals surface area (Å²) in [6, 6.07) is 0. The summed E-state index contributed by atoms with van der Waals surface area (Å²) >= 11 is 0. The highest BCUT2D eigenvalue weighted by Gasteiger charge is 2.35. The van der Waals surface area contributed by atoms with Gasteiger partial charge in [0.05, 0.1) is 5.56 Å². The first-order chi connectivity index (χ1) is 9.34. The van der Waals surface area contributed by atoms with Crippen molar-refractivity contribution in [1.29, 1.82) is 0 Å². The number of H-pyrrole nitrogens is 1. The van der Waals surface area contributed by atoms with Crippen molar-refractivity contribution in [2.24, 2.45) is 11.3 Å². The smallest absolute Gasteiger partial charge is 0.331 e. The Hall–Kier alpha value is -1.52. The second-order valence-corrected chi connectivity index (χ2v) is 6.60. The molecule has 0 radical (unpaired) electrons. The molecule has 0 amide bonds. The van der Waals surface area contributed by atoms with Crippen LogP contribution in [-0.2, 0) is 6.54 Å². The van der Waals surface area contributed by atoms with E-state index in [4.69, 9.17) is 0 Å². The predicted octanol–water partition coefficient (Wildman–Crippen LogP) is 2.16. The Morgan fingerprint density at radius 2 is 1.90 bits per heavy atom. The molecule has 0 unspecified atom stereocenters. The molecule has 1 saturated carbocycles. The van der Waals surface area contributed by atoms with Crippen LogP contribution in [0.5, 0.6) is 5.88 Å². The summed E-state index contributed by atoms with van der Waals surface area (Å²) in [4.78, 5) is 25.7. The average Bonchev–Trinajstić information content (AvgIpc) is 2.80. The summed E-state index contributed by atoms with van der Waals surface area (Å²) in [7, 11) is 0. The number of aromatic nitrogens is 2. The SMILES string of the molecule is Cc1c(O)n(CC2(CC(C)C)CCCC2)c(=O)[nH]c1=O. The largest absolute Gasteiger partial charge is 0.494 e. The molecule has 0 bridgehead atoms. The van der Waals surface area contributed by atoms with Crippen LogP contribution in [0.25, 0.3) is 0 Å². The van der Waals surface area contributed by atoms with Gasteiger partial charge in [-0.1, -0.05) is 26.7 Å². The van der Waals surface area contributed by atoms with Crippen molar-refractivity contribution in [3.63, 3.8) is 0 Å². The summed E-state index contributed by atoms with van der Waals surface area (Å²) in [6.07, 6.45) is 5.54. The van der Waals surface area contributed by atoms with Crippen molar-refractivity contribution in [2.45, 2.75) is 59.4 Å². The second-order valence-electron chi connectivity index (χ2n) is 6.60. The van der Waals surface area contributed by atoms with Crippen LogP contribution in [0.15, 0.2) is 9.59 Å². The Bertz CT molecular complexity index is 592. The van der Waals surface area contributed by atoms with Gasteiger partial charge in [-0.15, -0.1) is 0 Å². The summed E-state index contributed by atoms with van der Waals surface area (Å²) < 4.78 is 1.34. The predicted molar refractivity (Wildman–Crippen MR) is 78.1 cm³/mol. The molecule has 1 fully saturated rings. The van der Waals surface area contributed by atoms with Crippen LogP contribution >= 0.6 is 0 Å². The molecule has 0 spiro atoms. The molecule has 0 atom stereocenters. The van der Waals surface area contributed by atoms with Crippen LogP contribution in [0.3, 0.4) is 0 Å². The fourth-order valence-corrected chi connectivity index (χ4v) is 3.56. The molecular formula is C15H24N2O3. The van der Waals surface area contributed by atoms with Crippen LogP contribution in [0.4, 0.5) is 0 Å². The first kappa shape index (κ1) is 14.9. The molecule has 1 aromatic heterocycles. The highest BCUT2D eigenvalue weighted by Crippen LogP contribution is 2.44. The van der Waals surface area contributed by atoms with E-state index in [9.17, 15) is 14.7 Å². The fraction of sp³-hybridized carbons (Fsp3) is 0.733. The Morgan fingerprint density at radius 3 is 2.45 bits per heavy atom. The average molecular weight is 280 g/mol. The Balaban J connectivity index is 2.40. The zero-order valence-electron chi connectivity index (χ0n) is 12.5. The normalized spacial score (nSPS) is 17.8. The van der Waals surface area contributed by atoms with Gasteiger partial charge in [-0.2, -0.15) is 0 Å². The van der Waals surface area contributed by atoms with Gasteiger partial charge in [-0.3, -0.25) is 14.3 Å². The highest BCUT2D eigenvalue weighted by molar-refractivity contribution is 5.20. The molecule has 1 heterocycles. The maximum atomic E-state index is 12.0. The molecule has 5 nitrogen and oxygen atoms in total. The zero-order valence-corrected chi connectivity index (χ0v) is 12.5. The molecule has 2 N–H and O–H groups in total. The van der Waals surface area contributed by atoms with E-state index < -0.39 is 11.2 Å². The lowest BCUT2D eigenvalue weighted by Crippen LogP contribution is -2.36. The van der Waals surface area contributed by atoms with E-state index in [1.54, 1.807) is 0 Å². The van der Waals surface area contributed by atoms with Gasteiger partial charge in [0, 0.05) is 6.54 Å². The monoisotopic (exact) mass is 280 g/mol. The summed E-state index contributed by atoms with van der Waals surface area (Å²) in [6.45, 7) is 6.39. The lowest BCUT2D eigenvalue weighted by atomic mass is 9.78. The van der Waals surface area contributed by atoms with Crippen molar-refractivity contribution in [3.8, 4) is 5.88 Å². The molecule has 0 aliphatic heterocycles. The molecule has 1 aliphatic rings. The molecule has 5 heteroatoms. The standard InChI is InChI=1S/C15H24N2O3/c1-10(2)8-15(6-4-5-7-15)9-17-13(19)11(3)12(18)16-14(17)20/h10,19H,4-9H2,1-3H3,(H,16,18,20). The number of rotatable bonds is 4. The number of aromatic amines is 1. The van der Waals surface area contributed by atoms with E-state index >= 15 is 0 Å². The van der Waals surface area contributed by atoms with Gasteiger partial charge in [-0.05, 0) is 37.5 Å². The van der Waals surface area contributed by atoms with E-state index in [0.717, 1.165) is 19.3 Å². The second kappa shape index (κ2) is 5.46. The van der Waals surface area contributed by atoms with Gasteiger partial charge >= 0.3 is 5.69 Å². The number of nitrogens with zero attached hydrogens (tertiary/aromatic N) is 1. The van der Waals surface area contributed by atoms with Gasteiger partial charge in [0.2, 0.25) is 5.88 Å². The number of nitrogens with one attached hydrogen (secondary N) is 1. The molecule has 0 saturated heterocycles. The minimum Gasteiger partial charge on any atom is -0.494 e. The van der Waals surface area contributed by atoms with Gasteiger partial charge in [0.25, 0.3) is 5.56 Å². The summed E-state index contributed by atoms with van der Waals surface area (Å²) in [5.41, 5.74) is -0.733. The molecule has 112 valence electrons. The first-order valence-electron chi connectivity index (χ1n) is 7.37. The summed E-state index contributed by atoms with van der Waals surface area (Å²) in [5.74, 6) is 0.364. The van der Waals surface area contributed by atoms with Crippen LogP contribution in [0, 0.1) is 18.3 Å². The van der Waals surface area contributed by atoms with Crippen LogP contribution in [0.2, 0.25) is 0 Å². The Labute approximate surface area is 118 Å². The fourth-order valence-electron chi connectivity index (χ4n) is 3.56. The van der Waals surface area contributed by atoms with Crippen molar-refractivity contribution >= 4 is 0 Å². The molecule has 1 aliphatic carbocycles. The lowest BCUT2D eigenvalue weighted by molar-refractivity contribution is 0.184. The van der Waals surface area contributed by atoms with Crippen LogP contribution < -0.4 is 11.2 Å². The molecule has 20 heavy (non-hydrogen) atoms. The zero-order chi connectivity index (χ0) is 14.9. The van der Waals surface area contributed by atoms with E-state index in [0.29, 0.717) is 12.5 Å². The third-order valence-electron chi connectivity index (χ3n) is 4.40. The highest BCUT2D eigenvalue weighted by atomic mass is 16.3. The maximum Gasteiger partial charge on any atom is 0.331 e. The number of aromatic hydroxyl groups is 1. The van der Waals surface area contributed by atoms with Gasteiger partial charge in [0.1, 0.15) is 0 Å². The third-order valence-corrected chi connectivity index (χ3v) is 4.40. The topological polar surface area (TPSA) is 75.1 Å². The molecular weight excluding hydrogens is 256 g/mol. The van der Waals surface area contributed by atoms with Gasteiger partial charge in [-0.25, -0.2) is 4.79 Å². The van der Waals surface area contributed by atoms with Crippen molar-refractivity contribution in [1.82, 2.24) is 9.55 Å². The Kier molecular flexibility index (Phi) is 4.06. The molecule has 1 aromatic rings. The van der Waals surface area contributed by atoms with Gasteiger partial charge in [0.15, 0.2) is 0 Å². The number of hydrogen-bond acceptors (Lipinski definition) is 3. The maximum absolute atomic E-state index is 12.0. The third kappa shape index (κ3) is 2.81. The molecule has 0 aromatic carbocycles. The van der Waals surface area contributed by atoms with Crippen LogP contribution in [-0.4, -0.2) is 14.7 Å². The van der Waals surface area contributed by atoms with E-state index in [-0.39, 0.29) is 16.9 Å². The molecule has 2 rings (SSSR count). The van der Waals surface area contributed by atoms with E-state index in [1.165, 1.54) is 24.3 Å². The van der Waals surface area contributed by atoms with Gasteiger partial charge < -0.3 is 5.11 Å². The van der Waals surface area contributed by atoms with Crippen LogP contribution in [0.1, 0.15) is 51.5 Å². The first-order valence-corrected chi connectivity index (χ1v) is 7.37. The van der Waals surface area contributed by atoms with E-state index in [1.807, 2.05) is 0 Å². The Morgan fingerprint density at radius 1 is 1.30 bits per heavy atom. The lowest BCUT2D eigenvalue weighted by Gasteiger charge is -2.31.